The second-order valence-electron chi connectivity index (χ2n) is 3.27. The summed E-state index contributed by atoms with van der Waals surface area (Å²) in [5.74, 6) is -1.09. The zero-order chi connectivity index (χ0) is 11.7. The molecule has 0 bridgehead atoms. The molecule has 0 amide bonds. The van der Waals surface area contributed by atoms with Crippen LogP contribution in [0.3, 0.4) is 0 Å². The topological polar surface area (TPSA) is 80.4 Å². The summed E-state index contributed by atoms with van der Waals surface area (Å²) < 4.78 is 0. The SMILES string of the molecule is O=C(O)c1cccc2ccc([N+](=O)[O-])cc12. The predicted molar refractivity (Wildman–Crippen MR) is 57.6 cm³/mol. The van der Waals surface area contributed by atoms with Crippen LogP contribution in [0.25, 0.3) is 10.8 Å². The van der Waals surface area contributed by atoms with E-state index in [0.717, 1.165) is 0 Å². The monoisotopic (exact) mass is 217 g/mol. The van der Waals surface area contributed by atoms with E-state index in [4.69, 9.17) is 5.11 Å². The molecule has 0 saturated carbocycles. The van der Waals surface area contributed by atoms with Crippen molar-refractivity contribution in [1.82, 2.24) is 0 Å². The number of nitro benzene ring substituents is 1. The first-order chi connectivity index (χ1) is 7.59. The third-order valence-electron chi connectivity index (χ3n) is 2.31. The number of nitro groups is 1. The molecular weight excluding hydrogens is 210 g/mol. The summed E-state index contributed by atoms with van der Waals surface area (Å²) in [5.41, 5.74) is -0.0394. The number of nitrogens with zero attached hydrogens (tertiary/aromatic N) is 1. The maximum absolute atomic E-state index is 10.9. The van der Waals surface area contributed by atoms with Crippen LogP contribution in [0.15, 0.2) is 36.4 Å². The third kappa shape index (κ3) is 1.58. The molecular formula is C11H7NO4. The molecule has 0 saturated heterocycles. The van der Waals surface area contributed by atoms with E-state index in [1.54, 1.807) is 18.2 Å². The number of hydrogen-bond donors (Lipinski definition) is 1. The van der Waals surface area contributed by atoms with E-state index in [0.29, 0.717) is 10.8 Å². The minimum atomic E-state index is -1.09. The van der Waals surface area contributed by atoms with E-state index >= 15 is 0 Å². The zero-order valence-electron chi connectivity index (χ0n) is 8.08. The highest BCUT2D eigenvalue weighted by atomic mass is 16.6. The predicted octanol–water partition coefficient (Wildman–Crippen LogP) is 2.45. The summed E-state index contributed by atoms with van der Waals surface area (Å²) in [6.07, 6.45) is 0. The molecule has 0 radical (unpaired) electrons. The van der Waals surface area contributed by atoms with Crippen molar-refractivity contribution in [1.29, 1.82) is 0 Å². The maximum atomic E-state index is 10.9. The molecule has 0 spiro atoms. The van der Waals surface area contributed by atoms with Crippen molar-refractivity contribution in [2.45, 2.75) is 0 Å². The van der Waals surface area contributed by atoms with Gasteiger partial charge in [0.1, 0.15) is 0 Å². The van der Waals surface area contributed by atoms with Crippen molar-refractivity contribution in [2.24, 2.45) is 0 Å². The highest BCUT2D eigenvalue weighted by molar-refractivity contribution is 6.04. The molecule has 5 heteroatoms. The van der Waals surface area contributed by atoms with E-state index in [1.165, 1.54) is 18.2 Å². The van der Waals surface area contributed by atoms with Crippen LogP contribution in [0, 0.1) is 10.1 Å². The largest absolute Gasteiger partial charge is 0.478 e. The van der Waals surface area contributed by atoms with Gasteiger partial charge in [0.25, 0.3) is 5.69 Å². The fourth-order valence-corrected chi connectivity index (χ4v) is 1.56. The van der Waals surface area contributed by atoms with Crippen LogP contribution in [0.2, 0.25) is 0 Å². The Kier molecular flexibility index (Phi) is 2.28. The van der Waals surface area contributed by atoms with Crippen LogP contribution in [0.1, 0.15) is 10.4 Å². The number of fused-ring (bicyclic) bond motifs is 1. The van der Waals surface area contributed by atoms with Gasteiger partial charge in [-0.25, -0.2) is 4.79 Å². The number of hydrogen-bond acceptors (Lipinski definition) is 3. The Morgan fingerprint density at radius 1 is 1.25 bits per heavy atom. The summed E-state index contributed by atoms with van der Waals surface area (Å²) in [6.45, 7) is 0. The molecule has 0 aliphatic carbocycles. The fraction of sp³-hybridized carbons (Fsp3) is 0. The lowest BCUT2D eigenvalue weighted by atomic mass is 10.0. The molecule has 2 rings (SSSR count). The molecule has 0 atom stereocenters. The number of carboxylic acid groups (broad SMARTS) is 1. The van der Waals surface area contributed by atoms with Crippen LogP contribution in [-0.2, 0) is 0 Å². The van der Waals surface area contributed by atoms with E-state index in [1.807, 2.05) is 0 Å². The number of aromatic carboxylic acids is 1. The molecule has 0 fully saturated rings. The Balaban J connectivity index is 2.78. The Morgan fingerprint density at radius 3 is 2.62 bits per heavy atom. The van der Waals surface area contributed by atoms with E-state index in [9.17, 15) is 14.9 Å². The first kappa shape index (κ1) is 10.1. The highest BCUT2D eigenvalue weighted by Crippen LogP contribution is 2.23. The van der Waals surface area contributed by atoms with Gasteiger partial charge >= 0.3 is 5.97 Å². The maximum Gasteiger partial charge on any atom is 0.336 e. The van der Waals surface area contributed by atoms with Gasteiger partial charge in [0.05, 0.1) is 10.5 Å². The van der Waals surface area contributed by atoms with Crippen molar-refractivity contribution in [3.05, 3.63) is 52.1 Å². The molecule has 0 aromatic heterocycles. The van der Waals surface area contributed by atoms with Gasteiger partial charge in [0.15, 0.2) is 0 Å². The molecule has 80 valence electrons. The molecule has 0 heterocycles. The lowest BCUT2D eigenvalue weighted by Gasteiger charge is -2.01. The lowest BCUT2D eigenvalue weighted by molar-refractivity contribution is -0.384. The average molecular weight is 217 g/mol. The molecule has 0 aliphatic heterocycles. The number of rotatable bonds is 2. The lowest BCUT2D eigenvalue weighted by Crippen LogP contribution is -1.97. The Hall–Kier alpha value is -2.43. The van der Waals surface area contributed by atoms with Gasteiger partial charge in [0, 0.05) is 17.5 Å². The van der Waals surface area contributed by atoms with E-state index in [2.05, 4.69) is 0 Å². The second kappa shape index (κ2) is 3.62. The molecule has 0 aliphatic rings. The first-order valence-electron chi connectivity index (χ1n) is 4.50. The standard InChI is InChI=1S/C11H7NO4/c13-11(14)9-3-1-2-7-4-5-8(12(15)16)6-10(7)9/h1-6H,(H,13,14). The molecule has 2 aromatic rings. The summed E-state index contributed by atoms with van der Waals surface area (Å²) in [7, 11) is 0. The van der Waals surface area contributed by atoms with Gasteiger partial charge in [0.2, 0.25) is 0 Å². The van der Waals surface area contributed by atoms with E-state index < -0.39 is 10.9 Å². The summed E-state index contributed by atoms with van der Waals surface area (Å²) in [6, 6.07) is 8.92. The first-order valence-corrected chi connectivity index (χ1v) is 4.50. The van der Waals surface area contributed by atoms with Crippen molar-refractivity contribution >= 4 is 22.4 Å². The Morgan fingerprint density at radius 2 is 2.00 bits per heavy atom. The van der Waals surface area contributed by atoms with Crippen LogP contribution >= 0.6 is 0 Å². The molecule has 2 aromatic carbocycles. The quantitative estimate of drug-likeness (QED) is 0.618. The number of carboxylic acids is 1. The molecule has 5 nitrogen and oxygen atoms in total. The van der Waals surface area contributed by atoms with Gasteiger partial charge in [-0.3, -0.25) is 10.1 Å². The van der Waals surface area contributed by atoms with Gasteiger partial charge in [-0.15, -0.1) is 0 Å². The van der Waals surface area contributed by atoms with Crippen molar-refractivity contribution in [3.8, 4) is 0 Å². The smallest absolute Gasteiger partial charge is 0.336 e. The van der Waals surface area contributed by atoms with Crippen molar-refractivity contribution < 1.29 is 14.8 Å². The van der Waals surface area contributed by atoms with Gasteiger partial charge in [-0.1, -0.05) is 12.1 Å². The number of carbonyl (C=O) groups is 1. The second-order valence-corrected chi connectivity index (χ2v) is 3.27. The van der Waals surface area contributed by atoms with Gasteiger partial charge in [-0.2, -0.15) is 0 Å². The van der Waals surface area contributed by atoms with Gasteiger partial charge in [-0.05, 0) is 17.5 Å². The number of non-ortho nitro benzene ring substituents is 1. The zero-order valence-corrected chi connectivity index (χ0v) is 8.08. The summed E-state index contributed by atoms with van der Waals surface area (Å²) in [4.78, 5) is 21.0. The Labute approximate surface area is 90.1 Å². The van der Waals surface area contributed by atoms with E-state index in [-0.39, 0.29) is 11.3 Å². The number of benzene rings is 2. The van der Waals surface area contributed by atoms with Crippen LogP contribution in [0.4, 0.5) is 5.69 Å². The van der Waals surface area contributed by atoms with Crippen LogP contribution in [0.5, 0.6) is 0 Å². The summed E-state index contributed by atoms with van der Waals surface area (Å²) in [5, 5.41) is 20.6. The van der Waals surface area contributed by atoms with Crippen molar-refractivity contribution in [2.75, 3.05) is 0 Å². The molecule has 0 unspecified atom stereocenters. The van der Waals surface area contributed by atoms with Crippen LogP contribution in [-0.4, -0.2) is 16.0 Å². The molecule has 1 N–H and O–H groups in total. The van der Waals surface area contributed by atoms with Crippen molar-refractivity contribution in [3.63, 3.8) is 0 Å². The third-order valence-corrected chi connectivity index (χ3v) is 2.31. The minimum absolute atomic E-state index is 0.0706. The Bertz CT molecular complexity index is 592. The van der Waals surface area contributed by atoms with Crippen LogP contribution < -0.4 is 0 Å². The normalized spacial score (nSPS) is 10.2. The fourth-order valence-electron chi connectivity index (χ4n) is 1.56. The molecule has 16 heavy (non-hydrogen) atoms. The highest BCUT2D eigenvalue weighted by Gasteiger charge is 2.12. The van der Waals surface area contributed by atoms with Gasteiger partial charge < -0.3 is 5.11 Å². The average Bonchev–Trinajstić information content (AvgIpc) is 2.27. The summed E-state index contributed by atoms with van der Waals surface area (Å²) >= 11 is 0. The minimum Gasteiger partial charge on any atom is -0.478 e.